The number of carbonyl (C=O) groups is 2. The predicted molar refractivity (Wildman–Crippen MR) is 125 cm³/mol. The van der Waals surface area contributed by atoms with Crippen LogP contribution in [0.25, 0.3) is 22.6 Å². The highest BCUT2D eigenvalue weighted by molar-refractivity contribution is 7.10. The number of aromatic nitrogens is 1. The molecule has 3 aromatic rings. The number of fused-ring (bicyclic) bond motifs is 2. The first-order chi connectivity index (χ1) is 15.0. The summed E-state index contributed by atoms with van der Waals surface area (Å²) in [4.78, 5) is 33.6. The zero-order chi connectivity index (χ0) is 22.0. The Morgan fingerprint density at radius 1 is 1.23 bits per heavy atom. The van der Waals surface area contributed by atoms with Crippen LogP contribution in [0.4, 0.5) is 0 Å². The Morgan fingerprint density at radius 3 is 2.74 bits per heavy atom. The largest absolute Gasteiger partial charge is 0.469 e. The van der Waals surface area contributed by atoms with Crippen LogP contribution >= 0.6 is 11.3 Å². The number of nitrogens with zero attached hydrogens (tertiary/aromatic N) is 2. The Balaban J connectivity index is 1.80. The molecule has 1 aromatic carbocycles. The van der Waals surface area contributed by atoms with Gasteiger partial charge in [0.05, 0.1) is 29.8 Å². The Kier molecular flexibility index (Phi) is 6.18. The van der Waals surface area contributed by atoms with Crippen molar-refractivity contribution in [2.24, 2.45) is 5.92 Å². The van der Waals surface area contributed by atoms with Gasteiger partial charge in [-0.2, -0.15) is 0 Å². The minimum absolute atomic E-state index is 0.0505. The third-order valence-electron chi connectivity index (χ3n) is 5.78. The first-order valence-corrected chi connectivity index (χ1v) is 11.4. The fraction of sp³-hybridized carbons (Fsp3) is 0.320. The summed E-state index contributed by atoms with van der Waals surface area (Å²) >= 11 is 1.70. The Morgan fingerprint density at radius 2 is 2.03 bits per heavy atom. The van der Waals surface area contributed by atoms with Crippen molar-refractivity contribution in [3.8, 4) is 0 Å². The van der Waals surface area contributed by atoms with E-state index >= 15 is 0 Å². The van der Waals surface area contributed by atoms with Crippen molar-refractivity contribution in [1.82, 2.24) is 9.88 Å². The second-order valence-electron chi connectivity index (χ2n) is 7.78. The summed E-state index contributed by atoms with van der Waals surface area (Å²) in [6, 6.07) is 11.9. The van der Waals surface area contributed by atoms with E-state index in [0.29, 0.717) is 18.7 Å². The van der Waals surface area contributed by atoms with Gasteiger partial charge in [-0.05, 0) is 54.5 Å². The summed E-state index contributed by atoms with van der Waals surface area (Å²) in [5.41, 5.74) is 4.64. The van der Waals surface area contributed by atoms with Gasteiger partial charge >= 0.3 is 5.97 Å². The standard InChI is InChI=1S/C25H26N2O3S/c1-4-27(15-16(2)25(29)30-3)24(28)22-19-9-5-6-10-21(19)26-23-17(11-12-20(22)23)14-18-8-7-13-31-18/h5-10,13-14,16H,4,11-12,15H2,1-3H3/b17-14-. The van der Waals surface area contributed by atoms with E-state index in [-0.39, 0.29) is 17.8 Å². The minimum atomic E-state index is -0.385. The fourth-order valence-electron chi connectivity index (χ4n) is 4.19. The van der Waals surface area contributed by atoms with Gasteiger partial charge in [-0.1, -0.05) is 31.2 Å². The number of rotatable bonds is 6. The SMILES string of the molecule is CCN(CC(C)C(=O)OC)C(=O)c1c2c(nc3ccccc13)/C(=C\c1cccs1)CC2. The molecule has 0 aliphatic heterocycles. The fourth-order valence-corrected chi connectivity index (χ4v) is 4.87. The van der Waals surface area contributed by atoms with Crippen molar-refractivity contribution in [2.75, 3.05) is 20.2 Å². The molecule has 2 aromatic heterocycles. The lowest BCUT2D eigenvalue weighted by Crippen LogP contribution is -2.37. The van der Waals surface area contributed by atoms with Gasteiger partial charge in [0.1, 0.15) is 0 Å². The highest BCUT2D eigenvalue weighted by Crippen LogP contribution is 2.38. The number of esters is 1. The number of benzene rings is 1. The number of carbonyl (C=O) groups excluding carboxylic acids is 2. The molecule has 1 atom stereocenters. The number of hydrogen-bond donors (Lipinski definition) is 0. The Hall–Kier alpha value is -2.99. The van der Waals surface area contributed by atoms with Gasteiger partial charge in [-0.15, -0.1) is 11.3 Å². The molecule has 1 amide bonds. The Labute approximate surface area is 186 Å². The quantitative estimate of drug-likeness (QED) is 0.509. The number of ether oxygens (including phenoxy) is 1. The van der Waals surface area contributed by atoms with Crippen LogP contribution in [0.5, 0.6) is 0 Å². The van der Waals surface area contributed by atoms with Gasteiger partial charge in [0, 0.05) is 23.4 Å². The Bertz CT molecular complexity index is 1150. The van der Waals surface area contributed by atoms with Crippen molar-refractivity contribution in [1.29, 1.82) is 0 Å². The summed E-state index contributed by atoms with van der Waals surface area (Å²) in [5.74, 6) is -0.743. The van der Waals surface area contributed by atoms with E-state index in [1.54, 1.807) is 23.2 Å². The van der Waals surface area contributed by atoms with Crippen LogP contribution in [0.15, 0.2) is 41.8 Å². The van der Waals surface area contributed by atoms with Gasteiger partial charge in [-0.3, -0.25) is 9.59 Å². The lowest BCUT2D eigenvalue weighted by molar-refractivity contribution is -0.145. The molecule has 4 rings (SSSR count). The number of hydrogen-bond acceptors (Lipinski definition) is 5. The summed E-state index contributed by atoms with van der Waals surface area (Å²) in [6.45, 7) is 4.57. The molecule has 160 valence electrons. The van der Waals surface area contributed by atoms with Gasteiger partial charge in [0.25, 0.3) is 5.91 Å². The maximum atomic E-state index is 13.7. The summed E-state index contributed by atoms with van der Waals surface area (Å²) in [6.07, 6.45) is 3.83. The molecule has 0 N–H and O–H groups in total. The monoisotopic (exact) mass is 434 g/mol. The average molecular weight is 435 g/mol. The highest BCUT2D eigenvalue weighted by atomic mass is 32.1. The van der Waals surface area contributed by atoms with Crippen LogP contribution in [-0.2, 0) is 16.0 Å². The lowest BCUT2D eigenvalue weighted by atomic mass is 9.99. The van der Waals surface area contributed by atoms with E-state index in [0.717, 1.165) is 35.0 Å². The number of amides is 1. The molecule has 31 heavy (non-hydrogen) atoms. The average Bonchev–Trinajstić information content (AvgIpc) is 3.45. The number of allylic oxidation sites excluding steroid dienone is 1. The second-order valence-corrected chi connectivity index (χ2v) is 8.76. The van der Waals surface area contributed by atoms with Crippen LogP contribution in [0.2, 0.25) is 0 Å². The zero-order valence-corrected chi connectivity index (χ0v) is 18.9. The van der Waals surface area contributed by atoms with E-state index in [2.05, 4.69) is 17.5 Å². The van der Waals surface area contributed by atoms with E-state index in [9.17, 15) is 9.59 Å². The van der Waals surface area contributed by atoms with Crippen molar-refractivity contribution in [3.63, 3.8) is 0 Å². The maximum absolute atomic E-state index is 13.7. The van der Waals surface area contributed by atoms with Crippen LogP contribution in [0.1, 0.15) is 46.8 Å². The minimum Gasteiger partial charge on any atom is -0.469 e. The van der Waals surface area contributed by atoms with Crippen LogP contribution in [-0.4, -0.2) is 42.0 Å². The van der Waals surface area contributed by atoms with Gasteiger partial charge in [0.2, 0.25) is 0 Å². The van der Waals surface area contributed by atoms with Gasteiger partial charge in [-0.25, -0.2) is 4.98 Å². The van der Waals surface area contributed by atoms with E-state index < -0.39 is 0 Å². The smallest absolute Gasteiger partial charge is 0.310 e. The first kappa shape index (κ1) is 21.2. The van der Waals surface area contributed by atoms with Crippen molar-refractivity contribution >= 4 is 45.8 Å². The van der Waals surface area contributed by atoms with Gasteiger partial charge < -0.3 is 9.64 Å². The molecular formula is C25H26N2O3S. The first-order valence-electron chi connectivity index (χ1n) is 10.6. The number of pyridine rings is 1. The molecule has 6 heteroatoms. The second kappa shape index (κ2) is 9.02. The molecule has 0 fully saturated rings. The van der Waals surface area contributed by atoms with Gasteiger partial charge in [0.15, 0.2) is 0 Å². The molecule has 1 unspecified atom stereocenters. The normalized spacial score (nSPS) is 15.1. The molecule has 0 saturated carbocycles. The van der Waals surface area contributed by atoms with Crippen molar-refractivity contribution in [2.45, 2.75) is 26.7 Å². The molecule has 5 nitrogen and oxygen atoms in total. The summed E-state index contributed by atoms with van der Waals surface area (Å²) in [5, 5.41) is 2.93. The van der Waals surface area contributed by atoms with Crippen LogP contribution in [0, 0.1) is 5.92 Å². The summed E-state index contributed by atoms with van der Waals surface area (Å²) in [7, 11) is 1.38. The van der Waals surface area contributed by atoms with Crippen LogP contribution in [0.3, 0.4) is 0 Å². The van der Waals surface area contributed by atoms with Crippen LogP contribution < -0.4 is 0 Å². The van der Waals surface area contributed by atoms with Crippen molar-refractivity contribution < 1.29 is 14.3 Å². The van der Waals surface area contributed by atoms with E-state index in [1.807, 2.05) is 37.3 Å². The van der Waals surface area contributed by atoms with E-state index in [4.69, 9.17) is 9.72 Å². The maximum Gasteiger partial charge on any atom is 0.310 e. The molecule has 2 heterocycles. The zero-order valence-electron chi connectivity index (χ0n) is 18.1. The van der Waals surface area contributed by atoms with E-state index in [1.165, 1.54) is 17.6 Å². The molecule has 0 spiro atoms. The number of thiophene rings is 1. The molecule has 1 aliphatic carbocycles. The highest BCUT2D eigenvalue weighted by Gasteiger charge is 2.30. The molecule has 0 saturated heterocycles. The lowest BCUT2D eigenvalue weighted by Gasteiger charge is -2.25. The third kappa shape index (κ3) is 4.12. The topological polar surface area (TPSA) is 59.5 Å². The summed E-state index contributed by atoms with van der Waals surface area (Å²) < 4.78 is 4.86. The van der Waals surface area contributed by atoms with Crippen molar-refractivity contribution in [3.05, 3.63) is 63.5 Å². The molecule has 0 bridgehead atoms. The third-order valence-corrected chi connectivity index (χ3v) is 6.60. The molecule has 1 aliphatic rings. The number of para-hydroxylation sites is 1. The predicted octanol–water partition coefficient (Wildman–Crippen LogP) is 5.05. The molecule has 0 radical (unpaired) electrons. The number of methoxy groups -OCH3 is 1. The molecular weight excluding hydrogens is 408 g/mol.